The molecule has 0 aromatic heterocycles. The maximum absolute atomic E-state index is 12.2. The van der Waals surface area contributed by atoms with E-state index in [0.717, 1.165) is 24.9 Å². The minimum absolute atomic E-state index is 0.175. The van der Waals surface area contributed by atoms with Gasteiger partial charge in [-0.1, -0.05) is 65.2 Å². The lowest BCUT2D eigenvalue weighted by molar-refractivity contribution is -0.0245. The lowest BCUT2D eigenvalue weighted by Gasteiger charge is -2.17. The zero-order chi connectivity index (χ0) is 24.6. The molecule has 0 amide bonds. The van der Waals surface area contributed by atoms with E-state index in [-0.39, 0.29) is 4.90 Å². The van der Waals surface area contributed by atoms with Crippen LogP contribution in [-0.2, 0) is 27.2 Å². The van der Waals surface area contributed by atoms with Gasteiger partial charge in [-0.25, -0.2) is 0 Å². The molecule has 0 saturated heterocycles. The van der Waals surface area contributed by atoms with E-state index in [2.05, 4.69) is 55.6 Å². The molecule has 182 valence electrons. The Bertz CT molecular complexity index is 1170. The van der Waals surface area contributed by atoms with Crippen LogP contribution >= 0.6 is 0 Å². The Morgan fingerprint density at radius 1 is 0.912 bits per heavy atom. The number of rotatable bonds is 7. The number of hydroxylamine groups is 2. The molecule has 0 radical (unpaired) electrons. The monoisotopic (exact) mass is 480 g/mol. The normalized spacial score (nSPS) is 13.0. The minimum Gasteiger partial charge on any atom is -0.385 e. The average Bonchev–Trinajstić information content (AvgIpc) is 2.79. The third-order valence-electron chi connectivity index (χ3n) is 5.76. The fraction of sp³-hybridized carbons (Fsp3) is 0.357. The number of nitrogens with zero attached hydrogens (tertiary/aromatic N) is 1. The van der Waals surface area contributed by atoms with Crippen molar-refractivity contribution in [2.24, 2.45) is 0 Å². The van der Waals surface area contributed by atoms with Crippen LogP contribution in [0, 0.1) is 20.8 Å². The Morgan fingerprint density at radius 2 is 1.62 bits per heavy atom. The fourth-order valence-corrected chi connectivity index (χ4v) is 4.89. The summed E-state index contributed by atoms with van der Waals surface area (Å²) in [5, 5.41) is 4.77. The van der Waals surface area contributed by atoms with Crippen molar-refractivity contribution in [3.05, 3.63) is 94.5 Å². The number of hydrogen-bond donors (Lipinski definition) is 1. The lowest BCUT2D eigenvalue weighted by atomic mass is 10.0. The van der Waals surface area contributed by atoms with Crippen LogP contribution < -0.4 is 5.32 Å². The summed E-state index contributed by atoms with van der Waals surface area (Å²) in [4.78, 5) is 0.175. The first-order valence-corrected chi connectivity index (χ1v) is 13.2. The summed E-state index contributed by atoms with van der Waals surface area (Å²) in [7, 11) is -2.11. The van der Waals surface area contributed by atoms with Gasteiger partial charge in [-0.3, -0.25) is 0 Å². The second kappa shape index (κ2) is 12.2. The van der Waals surface area contributed by atoms with Gasteiger partial charge in [0.2, 0.25) is 0 Å². The maximum atomic E-state index is 12.2. The lowest BCUT2D eigenvalue weighted by Crippen LogP contribution is -2.24. The Labute approximate surface area is 204 Å². The van der Waals surface area contributed by atoms with Crippen molar-refractivity contribution in [3.8, 4) is 0 Å². The molecular weight excluding hydrogens is 444 g/mol. The second-order valence-electron chi connectivity index (χ2n) is 8.98. The predicted octanol–water partition coefficient (Wildman–Crippen LogP) is 5.84. The molecule has 3 aromatic carbocycles. The first-order chi connectivity index (χ1) is 16.2. The molecule has 0 aliphatic carbocycles. The zero-order valence-corrected chi connectivity index (χ0v) is 21.5. The molecule has 4 rings (SSSR count). The zero-order valence-electron chi connectivity index (χ0n) is 20.7. The van der Waals surface area contributed by atoms with Crippen molar-refractivity contribution in [1.29, 1.82) is 0 Å². The molecule has 0 atom stereocenters. The van der Waals surface area contributed by atoms with Crippen LogP contribution in [0.2, 0.25) is 0 Å². The molecule has 0 bridgehead atoms. The topological polar surface area (TPSA) is 58.6 Å². The van der Waals surface area contributed by atoms with Gasteiger partial charge in [0.25, 0.3) is 0 Å². The first-order valence-electron chi connectivity index (χ1n) is 11.8. The quantitative estimate of drug-likeness (QED) is 0.431. The number of fused-ring (bicyclic) bond motifs is 1. The molecule has 1 aliphatic heterocycles. The molecule has 6 heteroatoms. The van der Waals surface area contributed by atoms with Gasteiger partial charge in [-0.05, 0) is 75.8 Å². The summed E-state index contributed by atoms with van der Waals surface area (Å²) in [6.45, 7) is 7.80. The SMILES string of the molecule is Cc1ccc(S(=O)(=O)ON(C)CCCc2cccc(C)c2)cc1.Cc1ccc2c(c1)CCCN2. The van der Waals surface area contributed by atoms with Crippen molar-refractivity contribution in [1.82, 2.24) is 5.06 Å². The van der Waals surface area contributed by atoms with Gasteiger partial charge in [0.1, 0.15) is 0 Å². The van der Waals surface area contributed by atoms with Crippen molar-refractivity contribution >= 4 is 15.8 Å². The van der Waals surface area contributed by atoms with E-state index in [1.54, 1.807) is 31.3 Å². The van der Waals surface area contributed by atoms with Gasteiger partial charge >= 0.3 is 10.1 Å². The van der Waals surface area contributed by atoms with Gasteiger partial charge in [0.05, 0.1) is 4.90 Å². The fourth-order valence-electron chi connectivity index (χ4n) is 3.93. The van der Waals surface area contributed by atoms with Crippen LogP contribution in [-0.4, -0.2) is 33.6 Å². The number of hydrogen-bond acceptors (Lipinski definition) is 5. The van der Waals surface area contributed by atoms with Crippen LogP contribution in [0.5, 0.6) is 0 Å². The minimum atomic E-state index is -3.75. The number of aryl methyl sites for hydroxylation is 5. The van der Waals surface area contributed by atoms with E-state index < -0.39 is 10.1 Å². The van der Waals surface area contributed by atoms with Gasteiger partial charge in [-0.15, -0.1) is 0 Å². The highest BCUT2D eigenvalue weighted by Gasteiger charge is 2.18. The van der Waals surface area contributed by atoms with E-state index >= 15 is 0 Å². The second-order valence-corrected chi connectivity index (χ2v) is 10.5. The third-order valence-corrected chi connectivity index (χ3v) is 7.06. The molecule has 1 aliphatic rings. The molecular formula is C28H36N2O3S. The Hall–Kier alpha value is -2.67. The summed E-state index contributed by atoms with van der Waals surface area (Å²) < 4.78 is 29.5. The Morgan fingerprint density at radius 3 is 2.35 bits per heavy atom. The van der Waals surface area contributed by atoms with Crippen LogP contribution in [0.3, 0.4) is 0 Å². The summed E-state index contributed by atoms with van der Waals surface area (Å²) >= 11 is 0. The van der Waals surface area contributed by atoms with Crippen molar-refractivity contribution in [2.45, 2.75) is 51.3 Å². The number of benzene rings is 3. The van der Waals surface area contributed by atoms with Crippen LogP contribution in [0.1, 0.15) is 40.7 Å². The molecule has 1 N–H and O–H groups in total. The number of anilines is 1. The van der Waals surface area contributed by atoms with Gasteiger partial charge < -0.3 is 5.32 Å². The van der Waals surface area contributed by atoms with Crippen molar-refractivity contribution in [3.63, 3.8) is 0 Å². The van der Waals surface area contributed by atoms with E-state index in [1.807, 2.05) is 13.0 Å². The maximum Gasteiger partial charge on any atom is 0.313 e. The molecule has 0 unspecified atom stereocenters. The summed E-state index contributed by atoms with van der Waals surface area (Å²) in [6.07, 6.45) is 4.23. The van der Waals surface area contributed by atoms with Crippen molar-refractivity contribution < 1.29 is 12.7 Å². The molecule has 5 nitrogen and oxygen atoms in total. The third kappa shape index (κ3) is 7.97. The van der Waals surface area contributed by atoms with E-state index in [0.29, 0.717) is 6.54 Å². The largest absolute Gasteiger partial charge is 0.385 e. The van der Waals surface area contributed by atoms with E-state index in [9.17, 15) is 8.42 Å². The van der Waals surface area contributed by atoms with Gasteiger partial charge in [0.15, 0.2) is 0 Å². The van der Waals surface area contributed by atoms with Crippen LogP contribution in [0.15, 0.2) is 71.6 Å². The van der Waals surface area contributed by atoms with Crippen LogP contribution in [0.4, 0.5) is 5.69 Å². The predicted molar refractivity (Wildman–Crippen MR) is 140 cm³/mol. The van der Waals surface area contributed by atoms with Gasteiger partial charge in [-0.2, -0.15) is 17.8 Å². The Kier molecular flexibility index (Phi) is 9.28. The summed E-state index contributed by atoms with van der Waals surface area (Å²) in [5.74, 6) is 0. The molecule has 0 saturated carbocycles. The summed E-state index contributed by atoms with van der Waals surface area (Å²) in [5.41, 5.74) is 7.68. The highest BCUT2D eigenvalue weighted by molar-refractivity contribution is 7.86. The molecule has 1 heterocycles. The molecule has 3 aromatic rings. The van der Waals surface area contributed by atoms with Gasteiger partial charge in [0, 0.05) is 25.8 Å². The van der Waals surface area contributed by atoms with Crippen LogP contribution in [0.25, 0.3) is 0 Å². The van der Waals surface area contributed by atoms with E-state index in [4.69, 9.17) is 4.28 Å². The highest BCUT2D eigenvalue weighted by atomic mass is 32.2. The highest BCUT2D eigenvalue weighted by Crippen LogP contribution is 2.22. The Balaban J connectivity index is 0.000000243. The average molecular weight is 481 g/mol. The summed E-state index contributed by atoms with van der Waals surface area (Å²) in [6, 6.07) is 21.6. The van der Waals surface area contributed by atoms with Crippen molar-refractivity contribution in [2.75, 3.05) is 25.5 Å². The standard InChI is InChI=1S/C18H23NO3S.C10H13N/c1-15-9-11-18(12-10-15)23(20,21)22-19(3)13-5-8-17-7-4-6-16(2)14-17;1-8-4-5-10-9(7-8)3-2-6-11-10/h4,6-7,9-12,14H,5,8,13H2,1-3H3;4-5,7,11H,2-3,6H2,1H3. The smallest absolute Gasteiger partial charge is 0.313 e. The first kappa shape index (κ1) is 25.9. The molecule has 0 fully saturated rings. The molecule has 0 spiro atoms. The number of nitrogens with one attached hydrogen (secondary N) is 1. The van der Waals surface area contributed by atoms with E-state index in [1.165, 1.54) is 45.8 Å². The molecule has 34 heavy (non-hydrogen) atoms.